The first-order valence-corrected chi connectivity index (χ1v) is 9.29. The van der Waals surface area contributed by atoms with Crippen molar-refractivity contribution in [2.24, 2.45) is 7.05 Å². The molecule has 0 fully saturated rings. The molecule has 1 aliphatic rings. The molecule has 3 heterocycles. The molecule has 1 aromatic carbocycles. The third-order valence-corrected chi connectivity index (χ3v) is 4.53. The number of hydrazine groups is 1. The minimum absolute atomic E-state index is 0.0617. The van der Waals surface area contributed by atoms with E-state index in [0.29, 0.717) is 35.2 Å². The largest absolute Gasteiger partial charge is 0.494 e. The van der Waals surface area contributed by atoms with Gasteiger partial charge in [0.25, 0.3) is 0 Å². The standard InChI is InChI=1S/C19H23N9O2/c1-27-10-13(9-21-27)22-17-15(23-16-8-12(11-29)6-7-20-16)5-4-14(18(17)30-3)19-24-26-28(2)25-19/h4-9,21-22,29H,10-11H2,1-3H3,(H,20,23). The molecule has 11 heteroatoms. The Morgan fingerprint density at radius 3 is 2.77 bits per heavy atom. The summed E-state index contributed by atoms with van der Waals surface area (Å²) in [6.45, 7) is 0.627. The van der Waals surface area contributed by atoms with Gasteiger partial charge in [-0.05, 0) is 35.0 Å². The second kappa shape index (κ2) is 8.35. The number of hydrogen-bond acceptors (Lipinski definition) is 10. The zero-order chi connectivity index (χ0) is 21.1. The number of anilines is 3. The van der Waals surface area contributed by atoms with Crippen LogP contribution in [0.2, 0.25) is 0 Å². The monoisotopic (exact) mass is 409 g/mol. The Morgan fingerprint density at radius 1 is 1.23 bits per heavy atom. The van der Waals surface area contributed by atoms with Crippen molar-refractivity contribution >= 4 is 17.2 Å². The van der Waals surface area contributed by atoms with Crippen molar-refractivity contribution < 1.29 is 9.84 Å². The summed E-state index contributed by atoms with van der Waals surface area (Å²) in [7, 11) is 5.26. The molecule has 0 amide bonds. The van der Waals surface area contributed by atoms with Crippen molar-refractivity contribution in [3.8, 4) is 17.1 Å². The molecule has 4 N–H and O–H groups in total. The van der Waals surface area contributed by atoms with Gasteiger partial charge in [0.15, 0.2) is 5.75 Å². The lowest BCUT2D eigenvalue weighted by Gasteiger charge is -2.19. The number of hydrogen-bond donors (Lipinski definition) is 4. The summed E-state index contributed by atoms with van der Waals surface area (Å²) in [5.41, 5.74) is 7.01. The van der Waals surface area contributed by atoms with Gasteiger partial charge in [-0.25, -0.2) is 9.99 Å². The van der Waals surface area contributed by atoms with Crippen LogP contribution in [0.3, 0.4) is 0 Å². The number of aliphatic hydroxyl groups is 1. The fourth-order valence-corrected chi connectivity index (χ4v) is 3.14. The van der Waals surface area contributed by atoms with Gasteiger partial charge in [-0.2, -0.15) is 4.80 Å². The number of tetrazole rings is 1. The van der Waals surface area contributed by atoms with Crippen LogP contribution in [0, 0.1) is 0 Å². The summed E-state index contributed by atoms with van der Waals surface area (Å²) in [4.78, 5) is 5.74. The number of aryl methyl sites for hydroxylation is 1. The molecule has 30 heavy (non-hydrogen) atoms. The van der Waals surface area contributed by atoms with Gasteiger partial charge in [0.05, 0.1) is 38.6 Å². The van der Waals surface area contributed by atoms with Gasteiger partial charge in [0.2, 0.25) is 5.82 Å². The maximum atomic E-state index is 9.42. The molecule has 3 aromatic rings. The molecule has 4 rings (SSSR count). The Balaban J connectivity index is 1.77. The maximum absolute atomic E-state index is 9.42. The lowest BCUT2D eigenvalue weighted by Crippen LogP contribution is -2.25. The summed E-state index contributed by atoms with van der Waals surface area (Å²) < 4.78 is 5.76. The zero-order valence-corrected chi connectivity index (χ0v) is 16.9. The minimum Gasteiger partial charge on any atom is -0.494 e. The molecule has 11 nitrogen and oxygen atoms in total. The number of nitrogens with one attached hydrogen (secondary N) is 3. The number of ether oxygens (including phenoxy) is 1. The molecule has 0 unspecified atom stereocenters. The normalized spacial score (nSPS) is 13.7. The van der Waals surface area contributed by atoms with Crippen molar-refractivity contribution in [1.29, 1.82) is 0 Å². The number of methoxy groups -OCH3 is 1. The predicted octanol–water partition coefficient (Wildman–Crippen LogP) is 1.22. The predicted molar refractivity (Wildman–Crippen MR) is 112 cm³/mol. The van der Waals surface area contributed by atoms with Crippen LogP contribution in [0.4, 0.5) is 17.2 Å². The summed E-state index contributed by atoms with van der Waals surface area (Å²) in [6, 6.07) is 7.32. The third-order valence-electron chi connectivity index (χ3n) is 4.53. The van der Waals surface area contributed by atoms with Crippen molar-refractivity contribution in [2.45, 2.75) is 6.61 Å². The number of likely N-dealkylation sites (N-methyl/N-ethyl adjacent to an activating group) is 1. The SMILES string of the molecule is COc1c(-c2nnn(C)n2)ccc(Nc2cc(CO)ccn2)c1NC1=CNN(C)C1. The molecule has 1 aliphatic heterocycles. The molecule has 2 aromatic heterocycles. The van der Waals surface area contributed by atoms with E-state index in [-0.39, 0.29) is 6.61 Å². The highest BCUT2D eigenvalue weighted by molar-refractivity contribution is 5.87. The van der Waals surface area contributed by atoms with Crippen LogP contribution in [-0.2, 0) is 13.7 Å². The molecule has 0 saturated carbocycles. The van der Waals surface area contributed by atoms with Crippen LogP contribution in [-0.4, -0.2) is 56.0 Å². The molecule has 0 radical (unpaired) electrons. The lowest BCUT2D eigenvalue weighted by molar-refractivity contribution is 0.282. The van der Waals surface area contributed by atoms with E-state index in [0.717, 1.165) is 16.9 Å². The average Bonchev–Trinajstić information content (AvgIpc) is 3.37. The van der Waals surface area contributed by atoms with Crippen LogP contribution in [0.15, 0.2) is 42.4 Å². The summed E-state index contributed by atoms with van der Waals surface area (Å²) in [6.07, 6.45) is 3.54. The minimum atomic E-state index is -0.0617. The van der Waals surface area contributed by atoms with Crippen LogP contribution >= 0.6 is 0 Å². The number of aromatic nitrogens is 5. The molecule has 0 saturated heterocycles. The first-order chi connectivity index (χ1) is 14.6. The number of benzene rings is 1. The quantitative estimate of drug-likeness (QED) is 0.452. The van der Waals surface area contributed by atoms with E-state index in [1.807, 2.05) is 30.4 Å². The van der Waals surface area contributed by atoms with E-state index in [1.54, 1.807) is 32.5 Å². The first kappa shape index (κ1) is 19.6. The fraction of sp³-hybridized carbons (Fsp3) is 0.263. The Morgan fingerprint density at radius 2 is 2.10 bits per heavy atom. The van der Waals surface area contributed by atoms with Crippen molar-refractivity contribution in [3.63, 3.8) is 0 Å². The van der Waals surface area contributed by atoms with Crippen LogP contribution < -0.4 is 20.8 Å². The smallest absolute Gasteiger partial charge is 0.208 e. The number of pyridine rings is 1. The Labute approximate surface area is 173 Å². The Hall–Kier alpha value is -3.70. The van der Waals surface area contributed by atoms with Crippen molar-refractivity contribution in [1.82, 2.24) is 35.6 Å². The Bertz CT molecular complexity index is 1080. The van der Waals surface area contributed by atoms with Crippen LogP contribution in [0.1, 0.15) is 5.56 Å². The highest BCUT2D eigenvalue weighted by atomic mass is 16.5. The Kier molecular flexibility index (Phi) is 5.46. The highest BCUT2D eigenvalue weighted by Gasteiger charge is 2.21. The second-order valence-electron chi connectivity index (χ2n) is 6.78. The molecule has 0 aliphatic carbocycles. The summed E-state index contributed by atoms with van der Waals surface area (Å²) >= 11 is 0. The van der Waals surface area contributed by atoms with Gasteiger partial charge in [0, 0.05) is 25.1 Å². The van der Waals surface area contributed by atoms with Gasteiger partial charge in [0.1, 0.15) is 11.5 Å². The highest BCUT2D eigenvalue weighted by Crippen LogP contribution is 2.42. The van der Waals surface area contributed by atoms with E-state index in [9.17, 15) is 5.11 Å². The fourth-order valence-electron chi connectivity index (χ4n) is 3.14. The number of nitrogens with zero attached hydrogens (tertiary/aromatic N) is 6. The van der Waals surface area contributed by atoms with Crippen molar-refractivity contribution in [3.05, 3.63) is 47.9 Å². The molecule has 0 atom stereocenters. The third kappa shape index (κ3) is 4.02. The summed E-state index contributed by atoms with van der Waals surface area (Å²) in [5, 5.41) is 30.4. The van der Waals surface area contributed by atoms with Gasteiger partial charge in [-0.15, -0.1) is 10.2 Å². The van der Waals surface area contributed by atoms with E-state index in [1.165, 1.54) is 4.80 Å². The first-order valence-electron chi connectivity index (χ1n) is 9.29. The molecular formula is C19H23N9O2. The average molecular weight is 409 g/mol. The number of rotatable bonds is 7. The second-order valence-corrected chi connectivity index (χ2v) is 6.78. The van der Waals surface area contributed by atoms with Gasteiger partial charge >= 0.3 is 0 Å². The zero-order valence-electron chi connectivity index (χ0n) is 16.9. The van der Waals surface area contributed by atoms with Crippen LogP contribution in [0.5, 0.6) is 5.75 Å². The van der Waals surface area contributed by atoms with E-state index in [4.69, 9.17) is 4.74 Å². The molecule has 0 bridgehead atoms. The van der Waals surface area contributed by atoms with Crippen LogP contribution in [0.25, 0.3) is 11.4 Å². The topological polar surface area (TPSA) is 125 Å². The van der Waals surface area contributed by atoms with E-state index < -0.39 is 0 Å². The van der Waals surface area contributed by atoms with Crippen molar-refractivity contribution in [2.75, 3.05) is 31.3 Å². The van der Waals surface area contributed by atoms with E-state index in [2.05, 4.69) is 36.5 Å². The van der Waals surface area contributed by atoms with Gasteiger partial charge < -0.3 is 25.9 Å². The number of aliphatic hydroxyl groups excluding tert-OH is 1. The molecular weight excluding hydrogens is 386 g/mol. The van der Waals surface area contributed by atoms with Gasteiger partial charge in [-0.1, -0.05) is 0 Å². The van der Waals surface area contributed by atoms with Gasteiger partial charge in [-0.3, -0.25) is 0 Å². The lowest BCUT2D eigenvalue weighted by atomic mass is 10.1. The molecule has 0 spiro atoms. The van der Waals surface area contributed by atoms with E-state index >= 15 is 0 Å². The maximum Gasteiger partial charge on any atom is 0.208 e. The summed E-state index contributed by atoms with van der Waals surface area (Å²) in [5.74, 6) is 1.63. The molecule has 156 valence electrons.